The molecule has 9 nitrogen and oxygen atoms in total. The Kier molecular flexibility index (Phi) is 8.39. The van der Waals surface area contributed by atoms with Gasteiger partial charge in [-0.3, -0.25) is 19.8 Å². The molecule has 1 aliphatic heterocycles. The Morgan fingerprint density at radius 2 is 1.92 bits per heavy atom. The van der Waals surface area contributed by atoms with Crippen molar-refractivity contribution in [2.45, 2.75) is 13.5 Å². The van der Waals surface area contributed by atoms with Crippen molar-refractivity contribution >= 4 is 62.8 Å². The maximum atomic E-state index is 13.4. The van der Waals surface area contributed by atoms with E-state index in [0.29, 0.717) is 39.3 Å². The lowest BCUT2D eigenvalue weighted by Gasteiger charge is -2.29. The number of aromatic carboxylic acids is 1. The number of nitriles is 1. The van der Waals surface area contributed by atoms with Crippen molar-refractivity contribution < 1.29 is 29.0 Å². The highest BCUT2D eigenvalue weighted by Crippen LogP contribution is 2.38. The quantitative estimate of drug-likeness (QED) is 0.212. The van der Waals surface area contributed by atoms with Gasteiger partial charge in [0.2, 0.25) is 0 Å². The van der Waals surface area contributed by atoms with Gasteiger partial charge in [0.25, 0.3) is 11.8 Å². The number of rotatable bonds is 8. The van der Waals surface area contributed by atoms with Crippen LogP contribution in [0.3, 0.4) is 0 Å². The van der Waals surface area contributed by atoms with E-state index < -0.39 is 17.8 Å². The molecule has 0 aliphatic carbocycles. The zero-order chi connectivity index (χ0) is 28.1. The number of ether oxygens (including phenoxy) is 2. The highest BCUT2D eigenvalue weighted by molar-refractivity contribution is 9.10. The van der Waals surface area contributed by atoms with Gasteiger partial charge in [-0.05, 0) is 83.1 Å². The molecule has 1 heterocycles. The van der Waals surface area contributed by atoms with Crippen LogP contribution in [0.15, 0.2) is 70.7 Å². The monoisotopic (exact) mass is 605 g/mol. The van der Waals surface area contributed by atoms with Crippen LogP contribution in [0.25, 0.3) is 6.08 Å². The van der Waals surface area contributed by atoms with Gasteiger partial charge in [0.05, 0.1) is 34.0 Å². The van der Waals surface area contributed by atoms with E-state index in [2.05, 4.69) is 27.3 Å². The fourth-order valence-corrected chi connectivity index (χ4v) is 4.67. The molecule has 1 saturated heterocycles. The molecule has 0 spiro atoms. The van der Waals surface area contributed by atoms with E-state index in [0.717, 1.165) is 4.90 Å². The zero-order valence-corrected chi connectivity index (χ0v) is 22.8. The minimum Gasteiger partial charge on any atom is -0.490 e. The lowest BCUT2D eigenvalue weighted by molar-refractivity contribution is -0.122. The number of thiocarbonyl (C=S) groups is 1. The number of carbonyl (C=O) groups excluding carboxylic acids is 2. The van der Waals surface area contributed by atoms with Crippen molar-refractivity contribution in [3.63, 3.8) is 0 Å². The van der Waals surface area contributed by atoms with Gasteiger partial charge in [-0.2, -0.15) is 5.26 Å². The molecule has 4 rings (SSSR count). The molecule has 0 radical (unpaired) electrons. The molecule has 2 N–H and O–H groups in total. The summed E-state index contributed by atoms with van der Waals surface area (Å²) in [5.74, 6) is -1.83. The summed E-state index contributed by atoms with van der Waals surface area (Å²) in [7, 11) is 0. The van der Waals surface area contributed by atoms with Gasteiger partial charge < -0.3 is 14.6 Å². The first kappa shape index (κ1) is 27.5. The maximum absolute atomic E-state index is 13.4. The predicted molar refractivity (Wildman–Crippen MR) is 150 cm³/mol. The molecule has 0 bridgehead atoms. The summed E-state index contributed by atoms with van der Waals surface area (Å²) < 4.78 is 12.3. The highest BCUT2D eigenvalue weighted by Gasteiger charge is 2.35. The van der Waals surface area contributed by atoms with E-state index in [9.17, 15) is 24.8 Å². The number of hydrogen-bond donors (Lipinski definition) is 2. The number of amides is 2. The number of carboxylic acid groups (broad SMARTS) is 1. The number of benzene rings is 3. The van der Waals surface area contributed by atoms with Gasteiger partial charge in [0.1, 0.15) is 12.2 Å². The fourth-order valence-electron chi connectivity index (χ4n) is 3.82. The van der Waals surface area contributed by atoms with Gasteiger partial charge in [-0.1, -0.05) is 24.3 Å². The normalized spacial score (nSPS) is 14.1. The molecule has 1 fully saturated rings. The number of hydrogen-bond acceptors (Lipinski definition) is 7. The molecule has 196 valence electrons. The summed E-state index contributed by atoms with van der Waals surface area (Å²) >= 11 is 8.68. The Labute approximate surface area is 237 Å². The van der Waals surface area contributed by atoms with Crippen LogP contribution in [-0.2, 0) is 16.2 Å². The van der Waals surface area contributed by atoms with Crippen molar-refractivity contribution in [2.75, 3.05) is 11.5 Å². The number of nitrogens with one attached hydrogen (secondary N) is 1. The predicted octanol–water partition coefficient (Wildman–Crippen LogP) is 4.83. The number of carbonyl (C=O) groups is 3. The molecule has 3 aromatic rings. The zero-order valence-electron chi connectivity index (χ0n) is 20.4. The van der Waals surface area contributed by atoms with Crippen molar-refractivity contribution in [3.8, 4) is 17.6 Å². The molecular weight excluding hydrogens is 586 g/mol. The standard InChI is InChI=1S/C28H20BrN3O6S/c1-2-37-23-12-16(11-22(29)24(23)38-15-19-7-4-3-6-18(19)14-30)10-21-25(33)31-28(39)32(26(21)34)20-9-5-8-17(13-20)27(35)36/h3-13H,2,15H2,1H3,(H,35,36)(H,31,33,39). The summed E-state index contributed by atoms with van der Waals surface area (Å²) in [5, 5.41) is 21.0. The summed E-state index contributed by atoms with van der Waals surface area (Å²) in [6, 6.07) is 18.2. The second-order valence-corrected chi connectivity index (χ2v) is 9.37. The van der Waals surface area contributed by atoms with Crippen molar-refractivity contribution in [1.29, 1.82) is 5.26 Å². The summed E-state index contributed by atoms with van der Waals surface area (Å²) in [5.41, 5.74) is 1.60. The van der Waals surface area contributed by atoms with Crippen LogP contribution in [0.1, 0.15) is 34.0 Å². The third kappa shape index (κ3) is 5.98. The van der Waals surface area contributed by atoms with Gasteiger partial charge in [0, 0.05) is 5.56 Å². The SMILES string of the molecule is CCOc1cc(C=C2C(=O)NC(=S)N(c3cccc(C(=O)O)c3)C2=O)cc(Br)c1OCc1ccccc1C#N. The van der Waals surface area contributed by atoms with Crippen LogP contribution in [0, 0.1) is 11.3 Å². The van der Waals surface area contributed by atoms with Crippen LogP contribution in [-0.4, -0.2) is 34.6 Å². The van der Waals surface area contributed by atoms with Gasteiger partial charge >= 0.3 is 5.97 Å². The molecular formula is C28H20BrN3O6S. The Morgan fingerprint density at radius 1 is 1.15 bits per heavy atom. The van der Waals surface area contributed by atoms with E-state index in [1.54, 1.807) is 37.3 Å². The molecule has 2 amide bonds. The fraction of sp³-hybridized carbons (Fsp3) is 0.107. The molecule has 39 heavy (non-hydrogen) atoms. The minimum atomic E-state index is -1.17. The van der Waals surface area contributed by atoms with E-state index in [1.165, 1.54) is 30.3 Å². The summed E-state index contributed by atoms with van der Waals surface area (Å²) in [4.78, 5) is 38.6. The average molecular weight is 606 g/mol. The molecule has 3 aromatic carbocycles. The molecule has 11 heteroatoms. The second-order valence-electron chi connectivity index (χ2n) is 8.13. The molecule has 0 unspecified atom stereocenters. The Hall–Kier alpha value is -4.53. The Bertz CT molecular complexity index is 1580. The van der Waals surface area contributed by atoms with Gasteiger partial charge in [-0.25, -0.2) is 4.79 Å². The highest BCUT2D eigenvalue weighted by atomic mass is 79.9. The lowest BCUT2D eigenvalue weighted by Crippen LogP contribution is -2.54. The van der Waals surface area contributed by atoms with Crippen molar-refractivity contribution in [1.82, 2.24) is 5.32 Å². The number of halogens is 1. The Morgan fingerprint density at radius 3 is 2.64 bits per heavy atom. The number of nitrogens with zero attached hydrogens (tertiary/aromatic N) is 2. The lowest BCUT2D eigenvalue weighted by atomic mass is 10.1. The first-order valence-electron chi connectivity index (χ1n) is 11.6. The first-order chi connectivity index (χ1) is 18.7. The molecule has 0 aromatic heterocycles. The summed E-state index contributed by atoms with van der Waals surface area (Å²) in [6.45, 7) is 2.24. The first-order valence-corrected chi connectivity index (χ1v) is 12.8. The number of carboxylic acids is 1. The van der Waals surface area contributed by atoms with Crippen LogP contribution in [0.2, 0.25) is 0 Å². The van der Waals surface area contributed by atoms with Crippen LogP contribution in [0.5, 0.6) is 11.5 Å². The van der Waals surface area contributed by atoms with Gasteiger partial charge in [0.15, 0.2) is 16.6 Å². The van der Waals surface area contributed by atoms with E-state index >= 15 is 0 Å². The van der Waals surface area contributed by atoms with Crippen LogP contribution < -0.4 is 19.7 Å². The number of anilines is 1. The van der Waals surface area contributed by atoms with Crippen LogP contribution >= 0.6 is 28.1 Å². The van der Waals surface area contributed by atoms with Gasteiger partial charge in [-0.15, -0.1) is 0 Å². The maximum Gasteiger partial charge on any atom is 0.335 e. The minimum absolute atomic E-state index is 0.0381. The van der Waals surface area contributed by atoms with E-state index in [-0.39, 0.29) is 28.5 Å². The smallest absolute Gasteiger partial charge is 0.335 e. The molecule has 0 atom stereocenters. The third-order valence-electron chi connectivity index (χ3n) is 5.61. The average Bonchev–Trinajstić information content (AvgIpc) is 2.91. The Balaban J connectivity index is 1.68. The molecule has 1 aliphatic rings. The molecule has 0 saturated carbocycles. The second kappa shape index (κ2) is 11.9. The third-order valence-corrected chi connectivity index (χ3v) is 6.48. The van der Waals surface area contributed by atoms with Crippen LogP contribution in [0.4, 0.5) is 5.69 Å². The topological polar surface area (TPSA) is 129 Å². The summed E-state index contributed by atoms with van der Waals surface area (Å²) in [6.07, 6.45) is 1.38. The van der Waals surface area contributed by atoms with Crippen molar-refractivity contribution in [2.24, 2.45) is 0 Å². The largest absolute Gasteiger partial charge is 0.490 e. The van der Waals surface area contributed by atoms with E-state index in [4.69, 9.17) is 21.7 Å². The van der Waals surface area contributed by atoms with E-state index in [1.807, 2.05) is 6.07 Å². The van der Waals surface area contributed by atoms with Crippen molar-refractivity contribution in [3.05, 3.63) is 93.0 Å².